The molecule has 15 heavy (non-hydrogen) atoms. The Morgan fingerprint density at radius 2 is 1.87 bits per heavy atom. The Morgan fingerprint density at radius 3 is 2.27 bits per heavy atom. The average molecular weight is 231 g/mol. The fourth-order valence-electron chi connectivity index (χ4n) is 0.836. The summed E-state index contributed by atoms with van der Waals surface area (Å²) in [5.74, 6) is -1.10. The van der Waals surface area contributed by atoms with E-state index in [0.29, 0.717) is 5.56 Å². The summed E-state index contributed by atoms with van der Waals surface area (Å²) in [7, 11) is -4.90. The number of carboxylic acid groups (broad SMARTS) is 1. The summed E-state index contributed by atoms with van der Waals surface area (Å²) < 4.78 is 34.6. The van der Waals surface area contributed by atoms with E-state index >= 15 is 0 Å². The summed E-state index contributed by atoms with van der Waals surface area (Å²) >= 11 is 0. The molecule has 5 nitrogen and oxygen atoms in total. The van der Waals surface area contributed by atoms with Gasteiger partial charge in [0.25, 0.3) is 0 Å². The zero-order valence-electron chi connectivity index (χ0n) is 7.29. The van der Waals surface area contributed by atoms with Crippen LogP contribution in [0.2, 0.25) is 0 Å². The second-order valence-electron chi connectivity index (χ2n) is 2.57. The van der Waals surface area contributed by atoms with Crippen LogP contribution >= 0.6 is 0 Å². The number of benzene rings is 1. The maximum atomic E-state index is 12.0. The highest BCUT2D eigenvalue weighted by atomic mass is 32.3. The molecule has 0 saturated carbocycles. The molecule has 0 bridgehead atoms. The predicted octanol–water partition coefficient (Wildman–Crippen LogP) is 1.02. The number of hydrogen-bond acceptors (Lipinski definition) is 3. The predicted molar refractivity (Wildman–Crippen MR) is 51.0 cm³/mol. The molecule has 0 aliphatic rings. The largest absolute Gasteiger partial charge is 0.478 e. The van der Waals surface area contributed by atoms with Gasteiger partial charge in [-0.25, -0.2) is 4.79 Å². The molecule has 0 radical (unpaired) electrons. The Balaban J connectivity index is 2.91. The van der Waals surface area contributed by atoms with Gasteiger partial charge in [-0.3, -0.25) is 0 Å². The van der Waals surface area contributed by atoms with E-state index in [9.17, 15) is 17.1 Å². The van der Waals surface area contributed by atoms with Crippen molar-refractivity contribution in [2.45, 2.75) is 0 Å². The highest BCUT2D eigenvalue weighted by Crippen LogP contribution is 2.03. The lowest BCUT2D eigenvalue weighted by atomic mass is 10.1. The summed E-state index contributed by atoms with van der Waals surface area (Å²) in [4.78, 5) is 10.4. The molecular formula is C8H6FNO4S. The number of halogens is 1. The van der Waals surface area contributed by atoms with Gasteiger partial charge in [-0.2, -0.15) is 8.42 Å². The minimum Gasteiger partial charge on any atom is -0.478 e. The first kappa shape index (κ1) is 11.3. The van der Waals surface area contributed by atoms with E-state index < -0.39 is 16.4 Å². The Kier molecular flexibility index (Phi) is 3.15. The fourth-order valence-corrected chi connectivity index (χ4v) is 1.08. The van der Waals surface area contributed by atoms with Gasteiger partial charge >= 0.3 is 16.4 Å². The van der Waals surface area contributed by atoms with Gasteiger partial charge in [0.05, 0.1) is 11.8 Å². The van der Waals surface area contributed by atoms with Crippen LogP contribution in [-0.4, -0.2) is 25.7 Å². The van der Waals surface area contributed by atoms with Gasteiger partial charge in [-0.1, -0.05) is 16.0 Å². The molecule has 0 aliphatic carbocycles. The van der Waals surface area contributed by atoms with Crippen molar-refractivity contribution in [1.29, 1.82) is 0 Å². The van der Waals surface area contributed by atoms with E-state index in [-0.39, 0.29) is 5.56 Å². The molecule has 0 fully saturated rings. The Labute approximate surface area is 85.2 Å². The Bertz CT molecular complexity index is 492. The van der Waals surface area contributed by atoms with Crippen LogP contribution in [0.15, 0.2) is 28.7 Å². The van der Waals surface area contributed by atoms with Gasteiger partial charge in [0.1, 0.15) is 0 Å². The third kappa shape index (κ3) is 3.86. The SMILES string of the molecule is O=C(O)c1ccc(/C=N/S(=O)(=O)F)cc1. The van der Waals surface area contributed by atoms with E-state index in [1.807, 2.05) is 0 Å². The van der Waals surface area contributed by atoms with Crippen molar-refractivity contribution in [2.24, 2.45) is 4.40 Å². The highest BCUT2D eigenvalue weighted by Gasteiger charge is 2.02. The van der Waals surface area contributed by atoms with E-state index in [1.165, 1.54) is 24.3 Å². The third-order valence-corrected chi connectivity index (χ3v) is 1.84. The Hall–Kier alpha value is -1.76. The molecule has 1 rings (SSSR count). The molecule has 0 unspecified atom stereocenters. The molecule has 1 aromatic carbocycles. The molecule has 80 valence electrons. The van der Waals surface area contributed by atoms with Crippen molar-refractivity contribution in [3.05, 3.63) is 35.4 Å². The molecule has 0 heterocycles. The lowest BCUT2D eigenvalue weighted by molar-refractivity contribution is 0.0697. The van der Waals surface area contributed by atoms with Gasteiger partial charge in [-0.05, 0) is 17.7 Å². The molecular weight excluding hydrogens is 225 g/mol. The molecule has 7 heteroatoms. The molecule has 0 spiro atoms. The molecule has 0 amide bonds. The standard InChI is InChI=1S/C8H6FNO4S/c9-15(13,14)10-5-6-1-3-7(4-2-6)8(11)12/h1-5H,(H,11,12)/b10-5+. The Morgan fingerprint density at radius 1 is 1.33 bits per heavy atom. The van der Waals surface area contributed by atoms with Crippen LogP contribution < -0.4 is 0 Å². The van der Waals surface area contributed by atoms with Crippen molar-refractivity contribution in [2.75, 3.05) is 0 Å². The van der Waals surface area contributed by atoms with Crippen LogP contribution in [0.3, 0.4) is 0 Å². The summed E-state index contributed by atoms with van der Waals surface area (Å²) in [6, 6.07) is 5.15. The van der Waals surface area contributed by atoms with Gasteiger partial charge in [-0.15, -0.1) is 4.40 Å². The summed E-state index contributed by atoms with van der Waals surface area (Å²) in [6.07, 6.45) is 0.793. The highest BCUT2D eigenvalue weighted by molar-refractivity contribution is 7.85. The van der Waals surface area contributed by atoms with Crippen molar-refractivity contribution in [1.82, 2.24) is 0 Å². The zero-order chi connectivity index (χ0) is 11.5. The fraction of sp³-hybridized carbons (Fsp3) is 0. The van der Waals surface area contributed by atoms with Crippen LogP contribution in [0.4, 0.5) is 3.89 Å². The zero-order valence-corrected chi connectivity index (χ0v) is 8.11. The third-order valence-electron chi connectivity index (χ3n) is 1.49. The monoisotopic (exact) mass is 231 g/mol. The quantitative estimate of drug-likeness (QED) is 0.621. The normalized spacial score (nSPS) is 11.8. The topological polar surface area (TPSA) is 83.8 Å². The van der Waals surface area contributed by atoms with Crippen molar-refractivity contribution in [3.8, 4) is 0 Å². The molecule has 1 N–H and O–H groups in total. The van der Waals surface area contributed by atoms with Gasteiger partial charge < -0.3 is 5.11 Å². The first-order valence-electron chi connectivity index (χ1n) is 3.72. The van der Waals surface area contributed by atoms with Crippen molar-refractivity contribution < 1.29 is 22.2 Å². The maximum absolute atomic E-state index is 12.0. The minimum atomic E-state index is -4.90. The smallest absolute Gasteiger partial charge is 0.417 e. The van der Waals surface area contributed by atoms with Crippen LogP contribution in [0.5, 0.6) is 0 Å². The second kappa shape index (κ2) is 4.18. The maximum Gasteiger partial charge on any atom is 0.417 e. The number of nitrogens with zero attached hydrogens (tertiary/aromatic N) is 1. The summed E-state index contributed by atoms with van der Waals surface area (Å²) in [6.45, 7) is 0. The minimum absolute atomic E-state index is 0.0512. The first-order chi connectivity index (χ1) is 6.88. The van der Waals surface area contributed by atoms with Gasteiger partial charge in [0, 0.05) is 0 Å². The lowest BCUT2D eigenvalue weighted by Crippen LogP contribution is -1.96. The number of aromatic carboxylic acids is 1. The van der Waals surface area contributed by atoms with E-state index in [4.69, 9.17) is 5.11 Å². The number of carbonyl (C=O) groups is 1. The van der Waals surface area contributed by atoms with Crippen molar-refractivity contribution >= 4 is 22.6 Å². The lowest BCUT2D eigenvalue weighted by Gasteiger charge is -1.94. The molecule has 1 aromatic rings. The van der Waals surface area contributed by atoms with Crippen LogP contribution in [0.1, 0.15) is 15.9 Å². The van der Waals surface area contributed by atoms with Crippen molar-refractivity contribution in [3.63, 3.8) is 0 Å². The van der Waals surface area contributed by atoms with E-state index in [1.54, 1.807) is 0 Å². The average Bonchev–Trinajstić information content (AvgIpc) is 2.14. The van der Waals surface area contributed by atoms with Crippen LogP contribution in [0, 0.1) is 0 Å². The van der Waals surface area contributed by atoms with Gasteiger partial charge in [0.2, 0.25) is 0 Å². The van der Waals surface area contributed by atoms with E-state index in [0.717, 1.165) is 6.21 Å². The molecule has 0 aromatic heterocycles. The van der Waals surface area contributed by atoms with Crippen LogP contribution in [-0.2, 0) is 10.4 Å². The number of hydrogen-bond donors (Lipinski definition) is 1. The van der Waals surface area contributed by atoms with E-state index in [2.05, 4.69) is 4.40 Å². The molecule has 0 aliphatic heterocycles. The van der Waals surface area contributed by atoms with Gasteiger partial charge in [0.15, 0.2) is 0 Å². The van der Waals surface area contributed by atoms with Crippen LogP contribution in [0.25, 0.3) is 0 Å². The summed E-state index contributed by atoms with van der Waals surface area (Å²) in [5, 5.41) is 8.55. The number of carboxylic acids is 1. The molecule has 0 saturated heterocycles. The summed E-state index contributed by atoms with van der Waals surface area (Å²) in [5.41, 5.74) is 0.344. The second-order valence-corrected chi connectivity index (χ2v) is 3.61. The molecule has 0 atom stereocenters. The number of rotatable bonds is 3. The first-order valence-corrected chi connectivity index (χ1v) is 5.06.